The predicted octanol–water partition coefficient (Wildman–Crippen LogP) is 2.53. The second-order valence-corrected chi connectivity index (χ2v) is 4.86. The molecule has 8 heavy (non-hydrogen) atoms. The third kappa shape index (κ3) is 5.23. The van der Waals surface area contributed by atoms with Crippen molar-refractivity contribution < 1.29 is 20.4 Å². The molecule has 0 N–H and O–H groups in total. The van der Waals surface area contributed by atoms with Crippen molar-refractivity contribution in [2.24, 2.45) is 0 Å². The maximum Gasteiger partial charge on any atom is 2.00 e. The average molecular weight is 225 g/mol. The van der Waals surface area contributed by atoms with Crippen LogP contribution in [0.2, 0.25) is 0 Å². The molecule has 0 saturated heterocycles. The first-order valence-corrected chi connectivity index (χ1v) is 4.97. The topological polar surface area (TPSA) is 0 Å². The van der Waals surface area contributed by atoms with Gasteiger partial charge in [0.05, 0.1) is 0 Å². The molecule has 0 aromatic heterocycles. The van der Waals surface area contributed by atoms with Gasteiger partial charge in [0, 0.05) is 0 Å². The molecule has 52 valence electrons. The van der Waals surface area contributed by atoms with Crippen molar-refractivity contribution in [2.45, 2.75) is 20.8 Å². The van der Waals surface area contributed by atoms with E-state index >= 15 is 0 Å². The van der Waals surface area contributed by atoms with Gasteiger partial charge in [-0.25, -0.2) is 0 Å². The van der Waals surface area contributed by atoms with Crippen molar-refractivity contribution in [3.05, 3.63) is 0 Å². The quantitative estimate of drug-likeness (QED) is 0.511. The molecule has 0 saturated carbocycles. The minimum absolute atomic E-state index is 0. The Bertz CT molecular complexity index is 30.0. The fourth-order valence-corrected chi connectivity index (χ4v) is 2.01. The van der Waals surface area contributed by atoms with E-state index in [-0.39, 0.29) is 20.4 Å². The van der Waals surface area contributed by atoms with E-state index in [2.05, 4.69) is 20.8 Å². The molecule has 0 rings (SSSR count). The maximum atomic E-state index is 2.29. The Balaban J connectivity index is 0. The van der Waals surface area contributed by atoms with Crippen LogP contribution in [0.3, 0.4) is 0 Å². The van der Waals surface area contributed by atoms with Gasteiger partial charge in [-0.1, -0.05) is 20.8 Å². The molecule has 0 aromatic rings. The van der Waals surface area contributed by atoms with Gasteiger partial charge in [0.25, 0.3) is 0 Å². The number of hydrogen-bond donors (Lipinski definition) is 0. The second-order valence-electron chi connectivity index (χ2n) is 1.62. The van der Waals surface area contributed by atoms with Crippen LogP contribution in [0.15, 0.2) is 0 Å². The molecule has 0 nitrogen and oxygen atoms in total. The van der Waals surface area contributed by atoms with Gasteiger partial charge in [-0.15, -0.1) is 7.92 Å². The summed E-state index contributed by atoms with van der Waals surface area (Å²) in [5.74, 6) is 0. The van der Waals surface area contributed by atoms with Crippen LogP contribution in [-0.4, -0.2) is 18.5 Å². The molecule has 0 aliphatic rings. The van der Waals surface area contributed by atoms with E-state index in [9.17, 15) is 0 Å². The van der Waals surface area contributed by atoms with Crippen molar-refractivity contribution in [3.63, 3.8) is 0 Å². The first-order valence-electron chi connectivity index (χ1n) is 3.07. The molecule has 0 radical (unpaired) electrons. The van der Waals surface area contributed by atoms with E-state index in [1.54, 1.807) is 0 Å². The predicted molar refractivity (Wildman–Crippen MR) is 38.5 cm³/mol. The van der Waals surface area contributed by atoms with Crippen molar-refractivity contribution in [1.29, 1.82) is 0 Å². The van der Waals surface area contributed by atoms with Gasteiger partial charge in [-0.3, -0.25) is 0 Å². The van der Waals surface area contributed by atoms with Gasteiger partial charge in [0.2, 0.25) is 0 Å². The van der Waals surface area contributed by atoms with E-state index in [1.807, 2.05) is 0 Å². The largest absolute Gasteiger partial charge is 2.00 e. The van der Waals surface area contributed by atoms with Crippen LogP contribution in [0.25, 0.3) is 0 Å². The smallest absolute Gasteiger partial charge is 0.108 e. The van der Waals surface area contributed by atoms with Gasteiger partial charge in [0.15, 0.2) is 0 Å². The minimum Gasteiger partial charge on any atom is -0.108 e. The maximum absolute atomic E-state index is 2.29. The Morgan fingerprint density at radius 3 is 1.12 bits per heavy atom. The minimum atomic E-state index is 0. The second kappa shape index (κ2) is 8.09. The van der Waals surface area contributed by atoms with Gasteiger partial charge >= 0.3 is 20.4 Å². The summed E-state index contributed by atoms with van der Waals surface area (Å²) in [6, 6.07) is 0. The molecule has 0 unspecified atom stereocenters. The molecule has 0 aliphatic carbocycles. The third-order valence-electron chi connectivity index (χ3n) is 1.34. The molecule has 0 heterocycles. The van der Waals surface area contributed by atoms with Gasteiger partial charge in [-0.05, 0) is 18.5 Å². The molecule has 0 spiro atoms. The Morgan fingerprint density at radius 2 is 1.12 bits per heavy atom. The van der Waals surface area contributed by atoms with Crippen LogP contribution in [0.4, 0.5) is 0 Å². The van der Waals surface area contributed by atoms with Crippen LogP contribution in [0.5, 0.6) is 0 Å². The van der Waals surface area contributed by atoms with Crippen LogP contribution >= 0.6 is 7.92 Å². The molecule has 0 bridgehead atoms. The van der Waals surface area contributed by atoms with E-state index in [0.29, 0.717) is 7.92 Å². The molecule has 0 fully saturated rings. The first kappa shape index (κ1) is 11.8. The van der Waals surface area contributed by atoms with Crippen LogP contribution in [0.1, 0.15) is 20.8 Å². The summed E-state index contributed by atoms with van der Waals surface area (Å²) in [4.78, 5) is 0. The molecular formula is C6H15PPd+2. The summed E-state index contributed by atoms with van der Waals surface area (Å²) < 4.78 is 0. The Morgan fingerprint density at radius 1 is 0.875 bits per heavy atom. The normalized spacial score (nSPS) is 9.00. The summed E-state index contributed by atoms with van der Waals surface area (Å²) in [6.07, 6.45) is 4.26. The summed E-state index contributed by atoms with van der Waals surface area (Å²) in [6.45, 7) is 6.87. The Kier molecular flexibility index (Phi) is 12.0. The summed E-state index contributed by atoms with van der Waals surface area (Å²) in [5.41, 5.74) is 0. The van der Waals surface area contributed by atoms with E-state index in [0.717, 1.165) is 0 Å². The summed E-state index contributed by atoms with van der Waals surface area (Å²) in [5, 5.41) is 0. The number of hydrogen-bond acceptors (Lipinski definition) is 0. The van der Waals surface area contributed by atoms with Crippen LogP contribution in [-0.2, 0) is 20.4 Å². The fourth-order valence-electron chi connectivity index (χ4n) is 0.671. The standard InChI is InChI=1S/C6H15P.Pd/c1-4-7(5-2)6-3;/h4-6H2,1-3H3;/q;+2. The van der Waals surface area contributed by atoms with Crippen molar-refractivity contribution in [2.75, 3.05) is 18.5 Å². The van der Waals surface area contributed by atoms with E-state index in [1.165, 1.54) is 18.5 Å². The monoisotopic (exact) mass is 224 g/mol. The fraction of sp³-hybridized carbons (Fsp3) is 1.00. The molecule has 0 aromatic carbocycles. The zero-order chi connectivity index (χ0) is 5.70. The SMILES string of the molecule is CCP(CC)CC.[Pd+2]. The van der Waals surface area contributed by atoms with E-state index in [4.69, 9.17) is 0 Å². The molecule has 2 heteroatoms. The van der Waals surface area contributed by atoms with Gasteiger partial charge < -0.3 is 0 Å². The zero-order valence-electron chi connectivity index (χ0n) is 5.88. The third-order valence-corrected chi connectivity index (χ3v) is 4.02. The summed E-state index contributed by atoms with van der Waals surface area (Å²) >= 11 is 0. The van der Waals surface area contributed by atoms with E-state index < -0.39 is 0 Å². The zero-order valence-corrected chi connectivity index (χ0v) is 8.33. The number of rotatable bonds is 3. The molecular weight excluding hydrogens is 209 g/mol. The van der Waals surface area contributed by atoms with Gasteiger partial charge in [0.1, 0.15) is 0 Å². The first-order chi connectivity index (χ1) is 3.35. The van der Waals surface area contributed by atoms with Crippen LogP contribution < -0.4 is 0 Å². The molecule has 0 amide bonds. The summed E-state index contributed by atoms with van der Waals surface area (Å²) in [7, 11) is 0.446. The Hall–Kier alpha value is 1.09. The van der Waals surface area contributed by atoms with Gasteiger partial charge in [-0.2, -0.15) is 0 Å². The molecule has 0 aliphatic heterocycles. The molecule has 0 atom stereocenters. The van der Waals surface area contributed by atoms with Crippen molar-refractivity contribution >= 4 is 7.92 Å². The Labute approximate surface area is 67.8 Å². The van der Waals surface area contributed by atoms with Crippen molar-refractivity contribution in [3.8, 4) is 0 Å². The van der Waals surface area contributed by atoms with Crippen molar-refractivity contribution in [1.82, 2.24) is 0 Å². The van der Waals surface area contributed by atoms with Crippen LogP contribution in [0, 0.1) is 0 Å². The average Bonchev–Trinajstić information content (AvgIpc) is 1.72.